The van der Waals surface area contributed by atoms with Crippen molar-refractivity contribution in [3.63, 3.8) is 0 Å². The Hall–Kier alpha value is -1.75. The highest BCUT2D eigenvalue weighted by molar-refractivity contribution is 14.0. The summed E-state index contributed by atoms with van der Waals surface area (Å²) in [4.78, 5) is 4.56. The second-order valence-corrected chi connectivity index (χ2v) is 6.85. The van der Waals surface area contributed by atoms with Gasteiger partial charge in [-0.25, -0.2) is 9.38 Å². The minimum absolute atomic E-state index is 0. The van der Waals surface area contributed by atoms with Gasteiger partial charge in [-0.15, -0.1) is 34.2 Å². The number of aryl methyl sites for hydroxylation is 1. The molecule has 1 fully saturated rings. The maximum Gasteiger partial charge on any atom is 0.191 e. The predicted molar refractivity (Wildman–Crippen MR) is 122 cm³/mol. The summed E-state index contributed by atoms with van der Waals surface area (Å²) in [5.41, 5.74) is 0.574. The van der Waals surface area contributed by atoms with Crippen molar-refractivity contribution in [1.82, 2.24) is 25.4 Å². The van der Waals surface area contributed by atoms with E-state index in [-0.39, 0.29) is 42.4 Å². The second-order valence-electron chi connectivity index (χ2n) is 6.85. The lowest BCUT2D eigenvalue weighted by molar-refractivity contribution is 0.0194. The Morgan fingerprint density at radius 3 is 2.93 bits per heavy atom. The Bertz CT molecular complexity index is 763. The highest BCUT2D eigenvalue weighted by Crippen LogP contribution is 2.11. The molecule has 0 bridgehead atoms. The van der Waals surface area contributed by atoms with Crippen LogP contribution in [0, 0.1) is 5.82 Å². The van der Waals surface area contributed by atoms with E-state index in [1.807, 2.05) is 10.6 Å². The number of ether oxygens (including phenoxy) is 1. The summed E-state index contributed by atoms with van der Waals surface area (Å²) in [6, 6.07) is 6.72. The predicted octanol–water partition coefficient (Wildman–Crippen LogP) is 2.90. The number of halogens is 2. The minimum Gasteiger partial charge on any atom is -0.376 e. The molecule has 160 valence electrons. The third-order valence-corrected chi connectivity index (χ3v) is 4.79. The number of rotatable bonds is 8. The van der Waals surface area contributed by atoms with Crippen LogP contribution in [-0.2, 0) is 24.2 Å². The molecule has 1 aromatic heterocycles. The van der Waals surface area contributed by atoms with Gasteiger partial charge in [-0.3, -0.25) is 0 Å². The van der Waals surface area contributed by atoms with E-state index in [1.165, 1.54) is 12.5 Å². The first-order valence-corrected chi connectivity index (χ1v) is 10.00. The molecular formula is C20H30FIN6O. The summed E-state index contributed by atoms with van der Waals surface area (Å²) in [6.07, 6.45) is 6.13. The molecule has 2 N–H and O–H groups in total. The normalized spacial score (nSPS) is 16.9. The lowest BCUT2D eigenvalue weighted by atomic mass is 10.1. The average Bonchev–Trinajstić information content (AvgIpc) is 3.19. The van der Waals surface area contributed by atoms with E-state index in [1.54, 1.807) is 18.5 Å². The number of hydrogen-bond donors (Lipinski definition) is 2. The first-order valence-electron chi connectivity index (χ1n) is 10.00. The van der Waals surface area contributed by atoms with Gasteiger partial charge in [-0.1, -0.05) is 25.1 Å². The van der Waals surface area contributed by atoms with Crippen molar-refractivity contribution in [2.75, 3.05) is 19.7 Å². The van der Waals surface area contributed by atoms with Crippen molar-refractivity contribution >= 4 is 29.9 Å². The topological polar surface area (TPSA) is 76.4 Å². The van der Waals surface area contributed by atoms with Gasteiger partial charge in [0.2, 0.25) is 0 Å². The highest BCUT2D eigenvalue weighted by atomic mass is 127. The molecule has 2 aromatic rings. The molecule has 1 saturated heterocycles. The zero-order valence-corrected chi connectivity index (χ0v) is 19.1. The van der Waals surface area contributed by atoms with Crippen LogP contribution < -0.4 is 10.6 Å². The van der Waals surface area contributed by atoms with E-state index in [0.717, 1.165) is 38.2 Å². The quantitative estimate of drug-likeness (QED) is 0.321. The molecule has 9 heteroatoms. The average molecular weight is 516 g/mol. The van der Waals surface area contributed by atoms with Gasteiger partial charge in [0, 0.05) is 38.2 Å². The third kappa shape index (κ3) is 7.54. The van der Waals surface area contributed by atoms with Gasteiger partial charge in [0.05, 0.1) is 12.6 Å². The number of benzene rings is 1. The molecule has 0 saturated carbocycles. The summed E-state index contributed by atoms with van der Waals surface area (Å²) in [7, 11) is 0. The van der Waals surface area contributed by atoms with Crippen LogP contribution in [0.2, 0.25) is 0 Å². The van der Waals surface area contributed by atoms with Crippen LogP contribution in [-0.4, -0.2) is 46.5 Å². The number of aliphatic imine (C=N–C) groups is 1. The van der Waals surface area contributed by atoms with E-state index in [0.29, 0.717) is 24.6 Å². The van der Waals surface area contributed by atoms with Crippen LogP contribution in [0.25, 0.3) is 0 Å². The molecular weight excluding hydrogens is 486 g/mol. The summed E-state index contributed by atoms with van der Waals surface area (Å²) < 4.78 is 21.7. The standard InChI is InChI=1S/C20H29FN6O.HI/c1-2-19-26-25-15-27(19)11-10-22-20(24-14-17-8-5-6-12-28-17)23-13-16-7-3-4-9-18(16)21;/h3-4,7,9,15,17H,2,5-6,8,10-14H2,1H3,(H2,22,23,24);1H. The lowest BCUT2D eigenvalue weighted by Crippen LogP contribution is -2.43. The molecule has 1 aliphatic rings. The largest absolute Gasteiger partial charge is 0.376 e. The molecule has 0 amide bonds. The van der Waals surface area contributed by atoms with Crippen LogP contribution in [0.5, 0.6) is 0 Å². The van der Waals surface area contributed by atoms with E-state index >= 15 is 0 Å². The molecule has 0 radical (unpaired) electrons. The Morgan fingerprint density at radius 1 is 1.31 bits per heavy atom. The lowest BCUT2D eigenvalue weighted by Gasteiger charge is -2.24. The van der Waals surface area contributed by atoms with Gasteiger partial charge in [0.25, 0.3) is 0 Å². The summed E-state index contributed by atoms with van der Waals surface area (Å²) >= 11 is 0. The number of nitrogens with one attached hydrogen (secondary N) is 2. The SMILES string of the molecule is CCc1nncn1CCNC(=NCc1ccccc1F)NCC1CCCCO1.I. The zero-order chi connectivity index (χ0) is 19.6. The first-order chi connectivity index (χ1) is 13.8. The number of hydrogen-bond acceptors (Lipinski definition) is 4. The van der Waals surface area contributed by atoms with E-state index in [2.05, 4.69) is 32.7 Å². The molecule has 29 heavy (non-hydrogen) atoms. The van der Waals surface area contributed by atoms with Gasteiger partial charge in [0.1, 0.15) is 18.0 Å². The molecule has 0 spiro atoms. The fraction of sp³-hybridized carbons (Fsp3) is 0.550. The Balaban J connectivity index is 0.00000300. The van der Waals surface area contributed by atoms with Crippen molar-refractivity contribution < 1.29 is 9.13 Å². The smallest absolute Gasteiger partial charge is 0.191 e. The van der Waals surface area contributed by atoms with Crippen LogP contribution in [0.1, 0.15) is 37.6 Å². The van der Waals surface area contributed by atoms with E-state index in [9.17, 15) is 4.39 Å². The Morgan fingerprint density at radius 2 is 2.17 bits per heavy atom. The third-order valence-electron chi connectivity index (χ3n) is 4.79. The number of aromatic nitrogens is 3. The van der Waals surface area contributed by atoms with Crippen LogP contribution in [0.15, 0.2) is 35.6 Å². The minimum atomic E-state index is -0.238. The molecule has 1 aliphatic heterocycles. The van der Waals surface area contributed by atoms with E-state index < -0.39 is 0 Å². The maximum absolute atomic E-state index is 13.9. The second kappa shape index (κ2) is 12.7. The molecule has 1 atom stereocenters. The van der Waals surface area contributed by atoms with Crippen LogP contribution in [0.4, 0.5) is 4.39 Å². The molecule has 2 heterocycles. The van der Waals surface area contributed by atoms with Gasteiger partial charge in [0.15, 0.2) is 5.96 Å². The fourth-order valence-electron chi connectivity index (χ4n) is 3.18. The van der Waals surface area contributed by atoms with Gasteiger partial charge in [-0.2, -0.15) is 0 Å². The molecule has 0 aliphatic carbocycles. The van der Waals surface area contributed by atoms with Gasteiger partial charge in [-0.05, 0) is 25.3 Å². The summed E-state index contributed by atoms with van der Waals surface area (Å²) in [6.45, 7) is 5.24. The first kappa shape index (κ1) is 23.5. The molecule has 7 nitrogen and oxygen atoms in total. The van der Waals surface area contributed by atoms with Crippen molar-refractivity contribution in [3.05, 3.63) is 47.8 Å². The van der Waals surface area contributed by atoms with Crippen molar-refractivity contribution in [2.24, 2.45) is 4.99 Å². The zero-order valence-electron chi connectivity index (χ0n) is 16.8. The van der Waals surface area contributed by atoms with Gasteiger partial charge < -0.3 is 19.9 Å². The molecule has 3 rings (SSSR count). The fourth-order valence-corrected chi connectivity index (χ4v) is 3.18. The van der Waals surface area contributed by atoms with Crippen LogP contribution >= 0.6 is 24.0 Å². The number of nitrogens with zero attached hydrogens (tertiary/aromatic N) is 4. The van der Waals surface area contributed by atoms with Gasteiger partial charge >= 0.3 is 0 Å². The Labute approximate surface area is 188 Å². The summed E-state index contributed by atoms with van der Waals surface area (Å²) in [5, 5.41) is 14.7. The van der Waals surface area contributed by atoms with Crippen LogP contribution in [0.3, 0.4) is 0 Å². The Kier molecular flexibility index (Phi) is 10.3. The van der Waals surface area contributed by atoms with E-state index in [4.69, 9.17) is 4.74 Å². The molecule has 1 unspecified atom stereocenters. The monoisotopic (exact) mass is 516 g/mol. The van der Waals surface area contributed by atoms with Crippen molar-refractivity contribution in [1.29, 1.82) is 0 Å². The molecule has 1 aromatic carbocycles. The number of guanidine groups is 1. The summed E-state index contributed by atoms with van der Waals surface area (Å²) in [5.74, 6) is 1.37. The maximum atomic E-state index is 13.9. The van der Waals surface area contributed by atoms with Crippen molar-refractivity contribution in [2.45, 2.75) is 51.8 Å². The van der Waals surface area contributed by atoms with Crippen molar-refractivity contribution in [3.8, 4) is 0 Å². The highest BCUT2D eigenvalue weighted by Gasteiger charge is 2.14.